The molecule has 0 saturated carbocycles. The Balaban J connectivity index is 1.95. The van der Waals surface area contributed by atoms with Crippen LogP contribution in [0.2, 0.25) is 0 Å². The van der Waals surface area contributed by atoms with Gasteiger partial charge in [-0.15, -0.1) is 0 Å². The van der Waals surface area contributed by atoms with Crippen molar-refractivity contribution >= 4 is 29.4 Å². The van der Waals surface area contributed by atoms with Crippen molar-refractivity contribution < 1.29 is 28.2 Å². The molecular weight excluding hydrogens is 475 g/mol. The fourth-order valence-electron chi connectivity index (χ4n) is 3.81. The third-order valence-electron chi connectivity index (χ3n) is 5.35. The molecule has 2 aromatic carbocycles. The summed E-state index contributed by atoms with van der Waals surface area (Å²) in [5.41, 5.74) is 1.39. The molecule has 180 valence electrons. The second-order valence-electron chi connectivity index (χ2n) is 7.63. The lowest BCUT2D eigenvalue weighted by atomic mass is 9.95. The number of halogens is 1. The molecule has 35 heavy (non-hydrogen) atoms. The molecule has 0 amide bonds. The van der Waals surface area contributed by atoms with Crippen LogP contribution in [-0.4, -0.2) is 30.7 Å². The van der Waals surface area contributed by atoms with E-state index in [2.05, 4.69) is 4.99 Å². The van der Waals surface area contributed by atoms with Crippen molar-refractivity contribution in [2.24, 2.45) is 4.99 Å². The molecule has 3 aromatic rings. The summed E-state index contributed by atoms with van der Waals surface area (Å²) >= 11 is 1.15. The van der Waals surface area contributed by atoms with E-state index < -0.39 is 18.0 Å². The molecule has 0 radical (unpaired) electrons. The topological polar surface area (TPSA) is 96.2 Å². The zero-order valence-electron chi connectivity index (χ0n) is 19.3. The highest BCUT2D eigenvalue weighted by atomic mass is 32.1. The van der Waals surface area contributed by atoms with Gasteiger partial charge in [0.1, 0.15) is 5.82 Å². The average molecular weight is 497 g/mol. The summed E-state index contributed by atoms with van der Waals surface area (Å²) in [5, 5.41) is 0. The van der Waals surface area contributed by atoms with Crippen LogP contribution in [0.3, 0.4) is 0 Å². The second kappa shape index (κ2) is 9.67. The normalized spacial score (nSPS) is 15.3. The molecule has 2 heterocycles. The van der Waals surface area contributed by atoms with Crippen LogP contribution in [0.1, 0.15) is 31.0 Å². The molecule has 0 N–H and O–H groups in total. The Morgan fingerprint density at radius 3 is 2.46 bits per heavy atom. The van der Waals surface area contributed by atoms with E-state index in [1.54, 1.807) is 37.3 Å². The minimum absolute atomic E-state index is 0.190. The first-order valence-electron chi connectivity index (χ1n) is 10.5. The van der Waals surface area contributed by atoms with Crippen LogP contribution in [0.5, 0.6) is 11.5 Å². The van der Waals surface area contributed by atoms with Gasteiger partial charge in [-0.1, -0.05) is 29.5 Å². The monoisotopic (exact) mass is 496 g/mol. The van der Waals surface area contributed by atoms with Gasteiger partial charge in [-0.05, 0) is 48.4 Å². The van der Waals surface area contributed by atoms with Gasteiger partial charge < -0.3 is 14.2 Å². The molecular formula is C25H21FN2O6S. The third-order valence-corrected chi connectivity index (χ3v) is 6.33. The number of carbonyl (C=O) groups excluding carboxylic acids is 2. The van der Waals surface area contributed by atoms with Crippen molar-refractivity contribution in [3.8, 4) is 11.5 Å². The molecule has 0 bridgehead atoms. The molecule has 1 aliphatic heterocycles. The van der Waals surface area contributed by atoms with Gasteiger partial charge in [-0.3, -0.25) is 14.2 Å². The summed E-state index contributed by atoms with van der Waals surface area (Å²) in [4.78, 5) is 42.6. The molecule has 0 saturated heterocycles. The number of methoxy groups -OCH3 is 2. The van der Waals surface area contributed by atoms with E-state index in [-0.39, 0.29) is 28.4 Å². The third kappa shape index (κ3) is 4.65. The van der Waals surface area contributed by atoms with Crippen molar-refractivity contribution in [2.45, 2.75) is 19.9 Å². The van der Waals surface area contributed by atoms with E-state index in [1.165, 1.54) is 43.9 Å². The summed E-state index contributed by atoms with van der Waals surface area (Å²) in [6.07, 6.45) is 1.64. The Labute approximate surface area is 203 Å². The average Bonchev–Trinajstić information content (AvgIpc) is 3.13. The van der Waals surface area contributed by atoms with Gasteiger partial charge in [0.15, 0.2) is 16.3 Å². The first kappa shape index (κ1) is 24.1. The predicted octanol–water partition coefficient (Wildman–Crippen LogP) is 2.48. The molecule has 1 aliphatic rings. The number of ether oxygens (including phenoxy) is 3. The summed E-state index contributed by atoms with van der Waals surface area (Å²) in [7, 11) is 2.67. The molecule has 0 aliphatic carbocycles. The van der Waals surface area contributed by atoms with Gasteiger partial charge in [0.25, 0.3) is 5.56 Å². The van der Waals surface area contributed by atoms with Gasteiger partial charge in [-0.25, -0.2) is 14.2 Å². The number of nitrogens with zero attached hydrogens (tertiary/aromatic N) is 2. The Hall–Kier alpha value is -4.05. The Kier molecular flexibility index (Phi) is 6.65. The van der Waals surface area contributed by atoms with Gasteiger partial charge in [0.2, 0.25) is 0 Å². The molecule has 1 atom stereocenters. The number of thiazole rings is 1. The molecule has 0 fully saturated rings. The quantitative estimate of drug-likeness (QED) is 0.398. The lowest BCUT2D eigenvalue weighted by Gasteiger charge is -2.25. The Bertz CT molecular complexity index is 1540. The number of benzene rings is 2. The smallest absolute Gasteiger partial charge is 0.338 e. The van der Waals surface area contributed by atoms with Crippen LogP contribution in [0.25, 0.3) is 6.08 Å². The fourth-order valence-corrected chi connectivity index (χ4v) is 4.86. The number of allylic oxidation sites excluding steroid dienone is 1. The van der Waals surface area contributed by atoms with Crippen molar-refractivity contribution in [3.63, 3.8) is 0 Å². The summed E-state index contributed by atoms with van der Waals surface area (Å²) < 4.78 is 30.7. The number of fused-ring (bicyclic) bond motifs is 1. The van der Waals surface area contributed by atoms with Gasteiger partial charge in [-0.2, -0.15) is 0 Å². The largest absolute Gasteiger partial charge is 0.493 e. The van der Waals surface area contributed by atoms with Crippen molar-refractivity contribution in [3.05, 3.63) is 90.4 Å². The maximum atomic E-state index is 13.5. The van der Waals surface area contributed by atoms with Crippen LogP contribution >= 0.6 is 11.3 Å². The fraction of sp³-hybridized carbons (Fsp3) is 0.200. The highest BCUT2D eigenvalue weighted by molar-refractivity contribution is 7.07. The second-order valence-corrected chi connectivity index (χ2v) is 8.64. The van der Waals surface area contributed by atoms with E-state index in [1.807, 2.05) is 0 Å². The summed E-state index contributed by atoms with van der Waals surface area (Å²) in [6.45, 7) is 2.94. The summed E-state index contributed by atoms with van der Waals surface area (Å²) in [5.74, 6) is -1.08. The van der Waals surface area contributed by atoms with E-state index in [0.717, 1.165) is 11.3 Å². The molecule has 4 rings (SSSR count). The van der Waals surface area contributed by atoms with Crippen molar-refractivity contribution in [2.75, 3.05) is 14.2 Å². The number of hydrogen-bond donors (Lipinski definition) is 0. The number of carbonyl (C=O) groups is 2. The first-order valence-corrected chi connectivity index (χ1v) is 11.3. The zero-order valence-corrected chi connectivity index (χ0v) is 20.1. The van der Waals surface area contributed by atoms with E-state index in [9.17, 15) is 18.8 Å². The molecule has 8 nitrogen and oxygen atoms in total. The Morgan fingerprint density at radius 1 is 1.11 bits per heavy atom. The highest BCUT2D eigenvalue weighted by Crippen LogP contribution is 2.36. The van der Waals surface area contributed by atoms with Crippen molar-refractivity contribution in [1.82, 2.24) is 4.57 Å². The standard InChI is InChI=1S/C25H21FN2O6S/c1-13-21(24(31)33-4)22(16-7-10-18(34-14(2)29)19(12-16)32-3)28-23(30)20(35-25(28)27-13)11-15-5-8-17(26)9-6-15/h5-12,22H,1-4H3/b20-11-/t22-/m0/s1. The lowest BCUT2D eigenvalue weighted by molar-refractivity contribution is -0.136. The minimum Gasteiger partial charge on any atom is -0.493 e. The molecule has 0 spiro atoms. The predicted molar refractivity (Wildman–Crippen MR) is 126 cm³/mol. The van der Waals surface area contributed by atoms with Crippen LogP contribution in [0.4, 0.5) is 4.39 Å². The Morgan fingerprint density at radius 2 is 1.83 bits per heavy atom. The number of hydrogen-bond acceptors (Lipinski definition) is 8. The van der Waals surface area contributed by atoms with Crippen LogP contribution in [0, 0.1) is 5.82 Å². The lowest BCUT2D eigenvalue weighted by Crippen LogP contribution is -2.39. The van der Waals surface area contributed by atoms with E-state index >= 15 is 0 Å². The number of rotatable bonds is 5. The maximum absolute atomic E-state index is 13.5. The molecule has 10 heteroatoms. The number of esters is 2. The highest BCUT2D eigenvalue weighted by Gasteiger charge is 2.33. The first-order chi connectivity index (χ1) is 16.7. The van der Waals surface area contributed by atoms with E-state index in [0.29, 0.717) is 26.2 Å². The van der Waals surface area contributed by atoms with Gasteiger partial charge >= 0.3 is 11.9 Å². The van der Waals surface area contributed by atoms with Crippen LogP contribution in [0.15, 0.2) is 63.5 Å². The molecule has 0 unspecified atom stereocenters. The summed E-state index contributed by atoms with van der Waals surface area (Å²) in [6, 6.07) is 9.66. The maximum Gasteiger partial charge on any atom is 0.338 e. The number of aromatic nitrogens is 1. The molecule has 1 aromatic heterocycles. The van der Waals surface area contributed by atoms with E-state index in [4.69, 9.17) is 14.2 Å². The van der Waals surface area contributed by atoms with Crippen LogP contribution in [-0.2, 0) is 14.3 Å². The van der Waals surface area contributed by atoms with Crippen molar-refractivity contribution in [1.29, 1.82) is 0 Å². The van der Waals surface area contributed by atoms with Crippen LogP contribution < -0.4 is 24.4 Å². The van der Waals surface area contributed by atoms with Gasteiger partial charge in [0.05, 0.1) is 36.1 Å². The van der Waals surface area contributed by atoms with Gasteiger partial charge in [0, 0.05) is 6.92 Å². The zero-order chi connectivity index (χ0) is 25.3. The SMILES string of the molecule is COC(=O)C1=C(C)N=c2s/c(=C\c3ccc(F)cc3)c(=O)n2[C@H]1c1ccc(OC(C)=O)c(OC)c1. The minimum atomic E-state index is -0.866.